The van der Waals surface area contributed by atoms with E-state index in [0.717, 1.165) is 6.42 Å². The normalized spacial score (nSPS) is 18.1. The lowest BCUT2D eigenvalue weighted by atomic mass is 10.1. The van der Waals surface area contributed by atoms with Gasteiger partial charge in [-0.2, -0.15) is 0 Å². The second-order valence-electron chi connectivity index (χ2n) is 6.61. The van der Waals surface area contributed by atoms with Gasteiger partial charge in [0, 0.05) is 31.4 Å². The van der Waals surface area contributed by atoms with Crippen LogP contribution in [0.3, 0.4) is 0 Å². The summed E-state index contributed by atoms with van der Waals surface area (Å²) in [7, 11) is 1.56. The van der Waals surface area contributed by atoms with E-state index in [1.807, 2.05) is 20.8 Å². The summed E-state index contributed by atoms with van der Waals surface area (Å²) in [6.45, 7) is 7.89. The number of amides is 1. The molecular weight excluding hydrogens is 298 g/mol. The first kappa shape index (κ1) is 17.5. The molecule has 0 saturated carbocycles. The molecule has 1 saturated heterocycles. The topological polar surface area (TPSA) is 73.8 Å². The third kappa shape index (κ3) is 5.35. The van der Waals surface area contributed by atoms with Gasteiger partial charge >= 0.3 is 6.09 Å². The van der Waals surface area contributed by atoms with Crippen LogP contribution in [0.25, 0.3) is 0 Å². The van der Waals surface area contributed by atoms with E-state index in [0.29, 0.717) is 43.8 Å². The number of carbonyl (C=O) groups excluding carboxylic acids is 1. The van der Waals surface area contributed by atoms with Crippen LogP contribution in [0, 0.1) is 5.92 Å². The highest BCUT2D eigenvalue weighted by Crippen LogP contribution is 2.20. The van der Waals surface area contributed by atoms with E-state index in [-0.39, 0.29) is 6.09 Å². The van der Waals surface area contributed by atoms with Crippen molar-refractivity contribution in [3.8, 4) is 5.88 Å². The summed E-state index contributed by atoms with van der Waals surface area (Å²) >= 11 is 0. The molecule has 1 aliphatic rings. The maximum Gasteiger partial charge on any atom is 0.410 e. The highest BCUT2D eigenvalue weighted by Gasteiger charge is 2.29. The van der Waals surface area contributed by atoms with Crippen molar-refractivity contribution in [3.63, 3.8) is 0 Å². The second kappa shape index (κ2) is 7.59. The van der Waals surface area contributed by atoms with E-state index in [2.05, 4.69) is 9.97 Å². The molecule has 1 aromatic heterocycles. The zero-order valence-corrected chi connectivity index (χ0v) is 14.2. The summed E-state index contributed by atoms with van der Waals surface area (Å²) in [5, 5.41) is 0. The summed E-state index contributed by atoms with van der Waals surface area (Å²) in [6, 6.07) is 0. The molecule has 1 aliphatic heterocycles. The van der Waals surface area contributed by atoms with Crippen LogP contribution in [-0.4, -0.2) is 53.4 Å². The predicted octanol–water partition coefficient (Wildman–Crippen LogP) is 2.26. The molecule has 1 unspecified atom stereocenters. The number of rotatable bonds is 5. The Kier molecular flexibility index (Phi) is 5.76. The van der Waals surface area contributed by atoms with E-state index in [9.17, 15) is 4.79 Å². The van der Waals surface area contributed by atoms with Crippen LogP contribution in [0.15, 0.2) is 12.4 Å². The first-order chi connectivity index (χ1) is 10.9. The molecule has 2 rings (SSSR count). The number of aromatic nitrogens is 2. The summed E-state index contributed by atoms with van der Waals surface area (Å²) in [6.07, 6.45) is 3.85. The fraction of sp³-hybridized carbons (Fsp3) is 0.688. The van der Waals surface area contributed by atoms with Gasteiger partial charge in [-0.15, -0.1) is 0 Å². The number of carbonyl (C=O) groups is 1. The molecule has 1 fully saturated rings. The third-order valence-corrected chi connectivity index (χ3v) is 3.46. The van der Waals surface area contributed by atoms with Gasteiger partial charge in [-0.05, 0) is 27.2 Å². The molecular formula is C16H25N3O4. The first-order valence-corrected chi connectivity index (χ1v) is 7.78. The van der Waals surface area contributed by atoms with Crippen LogP contribution in [0.4, 0.5) is 4.79 Å². The Hall–Kier alpha value is -1.89. The maximum atomic E-state index is 12.0. The fourth-order valence-electron chi connectivity index (χ4n) is 2.41. The van der Waals surface area contributed by atoms with Gasteiger partial charge in [-0.3, -0.25) is 4.98 Å². The average Bonchev–Trinajstić information content (AvgIpc) is 2.95. The van der Waals surface area contributed by atoms with Crippen LogP contribution in [0.5, 0.6) is 5.88 Å². The van der Waals surface area contributed by atoms with Crippen molar-refractivity contribution < 1.29 is 19.0 Å². The van der Waals surface area contributed by atoms with Crippen LogP contribution in [0.2, 0.25) is 0 Å². The van der Waals surface area contributed by atoms with E-state index < -0.39 is 5.60 Å². The van der Waals surface area contributed by atoms with Gasteiger partial charge in [0.05, 0.1) is 20.3 Å². The Morgan fingerprint density at radius 2 is 2.09 bits per heavy atom. The zero-order valence-electron chi connectivity index (χ0n) is 14.2. The highest BCUT2D eigenvalue weighted by molar-refractivity contribution is 5.68. The predicted molar refractivity (Wildman–Crippen MR) is 84.2 cm³/mol. The highest BCUT2D eigenvalue weighted by atomic mass is 16.6. The van der Waals surface area contributed by atoms with E-state index in [1.165, 1.54) is 0 Å². The van der Waals surface area contributed by atoms with Crippen molar-refractivity contribution in [1.29, 1.82) is 0 Å². The summed E-state index contributed by atoms with van der Waals surface area (Å²) in [5.41, 5.74) is 0.214. The Bertz CT molecular complexity index is 530. The van der Waals surface area contributed by atoms with Gasteiger partial charge in [0.15, 0.2) is 0 Å². The van der Waals surface area contributed by atoms with Crippen molar-refractivity contribution in [2.75, 3.05) is 26.8 Å². The lowest BCUT2D eigenvalue weighted by Crippen LogP contribution is -2.35. The van der Waals surface area contributed by atoms with Gasteiger partial charge in [-0.25, -0.2) is 9.78 Å². The molecule has 1 amide bonds. The number of hydrogen-bond donors (Lipinski definition) is 0. The number of methoxy groups -OCH3 is 1. The standard InChI is InChI=1S/C16H25N3O4/c1-16(2,3)23-15(20)19-8-5-12(9-19)10-22-11-13-14(21-4)18-7-6-17-13/h6-7,12H,5,8-11H2,1-4H3. The maximum absolute atomic E-state index is 12.0. The third-order valence-electron chi connectivity index (χ3n) is 3.46. The Morgan fingerprint density at radius 3 is 2.78 bits per heavy atom. The van der Waals surface area contributed by atoms with Crippen LogP contribution >= 0.6 is 0 Å². The fourth-order valence-corrected chi connectivity index (χ4v) is 2.41. The summed E-state index contributed by atoms with van der Waals surface area (Å²) in [5.74, 6) is 0.791. The minimum absolute atomic E-state index is 0.254. The quantitative estimate of drug-likeness (QED) is 0.827. The lowest BCUT2D eigenvalue weighted by Gasteiger charge is -2.24. The van der Waals surface area contributed by atoms with Crippen LogP contribution < -0.4 is 4.74 Å². The van der Waals surface area contributed by atoms with Gasteiger partial charge in [-0.1, -0.05) is 0 Å². The van der Waals surface area contributed by atoms with E-state index in [1.54, 1.807) is 24.4 Å². The van der Waals surface area contributed by atoms with Crippen molar-refractivity contribution in [2.24, 2.45) is 5.92 Å². The Morgan fingerprint density at radius 1 is 1.35 bits per heavy atom. The summed E-state index contributed by atoms with van der Waals surface area (Å²) < 4.78 is 16.2. The second-order valence-corrected chi connectivity index (χ2v) is 6.61. The molecule has 2 heterocycles. The Balaban J connectivity index is 1.75. The molecule has 1 atom stereocenters. The van der Waals surface area contributed by atoms with Gasteiger partial charge in [0.2, 0.25) is 5.88 Å². The number of likely N-dealkylation sites (tertiary alicyclic amines) is 1. The van der Waals surface area contributed by atoms with Crippen LogP contribution in [0.1, 0.15) is 32.9 Å². The number of nitrogens with zero attached hydrogens (tertiary/aromatic N) is 3. The lowest BCUT2D eigenvalue weighted by molar-refractivity contribution is 0.0270. The first-order valence-electron chi connectivity index (χ1n) is 7.78. The zero-order chi connectivity index (χ0) is 16.9. The minimum Gasteiger partial charge on any atom is -0.480 e. The van der Waals surface area contributed by atoms with Crippen molar-refractivity contribution in [1.82, 2.24) is 14.9 Å². The molecule has 0 spiro atoms. The molecule has 128 valence electrons. The minimum atomic E-state index is -0.464. The number of hydrogen-bond acceptors (Lipinski definition) is 6. The van der Waals surface area contributed by atoms with Crippen molar-refractivity contribution in [2.45, 2.75) is 39.4 Å². The summed E-state index contributed by atoms with van der Waals surface area (Å²) in [4.78, 5) is 22.0. The van der Waals surface area contributed by atoms with Crippen molar-refractivity contribution >= 4 is 6.09 Å². The van der Waals surface area contributed by atoms with Gasteiger partial charge < -0.3 is 19.1 Å². The van der Waals surface area contributed by atoms with Gasteiger partial charge in [0.25, 0.3) is 0 Å². The monoisotopic (exact) mass is 323 g/mol. The number of ether oxygens (including phenoxy) is 3. The smallest absolute Gasteiger partial charge is 0.410 e. The molecule has 0 radical (unpaired) electrons. The molecule has 0 N–H and O–H groups in total. The molecule has 0 aromatic carbocycles. The Labute approximate surface area is 137 Å². The molecule has 7 heteroatoms. The molecule has 0 bridgehead atoms. The van der Waals surface area contributed by atoms with Gasteiger partial charge in [0.1, 0.15) is 11.3 Å². The SMILES string of the molecule is COc1nccnc1COCC1CCN(C(=O)OC(C)(C)C)C1. The van der Waals surface area contributed by atoms with E-state index >= 15 is 0 Å². The van der Waals surface area contributed by atoms with E-state index in [4.69, 9.17) is 14.2 Å². The molecule has 23 heavy (non-hydrogen) atoms. The molecule has 0 aliphatic carbocycles. The van der Waals surface area contributed by atoms with Crippen molar-refractivity contribution in [3.05, 3.63) is 18.1 Å². The average molecular weight is 323 g/mol. The van der Waals surface area contributed by atoms with Crippen LogP contribution in [-0.2, 0) is 16.1 Å². The molecule has 1 aromatic rings. The largest absolute Gasteiger partial charge is 0.480 e. The molecule has 7 nitrogen and oxygen atoms in total.